The number of nitrogens with two attached hydrogens (primary N) is 1. The second kappa shape index (κ2) is 9.32. The minimum atomic E-state index is -0.397. The van der Waals surface area contributed by atoms with Crippen LogP contribution in [-0.4, -0.2) is 30.7 Å². The van der Waals surface area contributed by atoms with Crippen molar-refractivity contribution in [3.8, 4) is 0 Å². The lowest BCUT2D eigenvalue weighted by molar-refractivity contribution is -0.187. The quantitative estimate of drug-likeness (QED) is 0.340. The molecule has 0 heterocycles. The maximum atomic E-state index is 13.2. The van der Waals surface area contributed by atoms with Gasteiger partial charge in [-0.05, 0) is 106 Å². The molecule has 5 aliphatic carbocycles. The van der Waals surface area contributed by atoms with E-state index in [4.69, 9.17) is 10.5 Å². The molecule has 0 amide bonds. The second-order valence-corrected chi connectivity index (χ2v) is 14.9. The minimum Gasteiger partial charge on any atom is -0.466 e. The normalized spacial score (nSPS) is 45.3. The van der Waals surface area contributed by atoms with Gasteiger partial charge >= 0.3 is 5.97 Å². The van der Waals surface area contributed by atoms with E-state index in [1.54, 1.807) is 0 Å². The van der Waals surface area contributed by atoms with Crippen LogP contribution in [0.5, 0.6) is 0 Å². The summed E-state index contributed by atoms with van der Waals surface area (Å²) in [5, 5.41) is 7.04. The SMILES string of the molecule is CCOC(=O)[C@]1(C)CCC[C@@]2(C)C3CC[C@@]4(C)C[C@]3(CCC21)C[C@H]4Nc1c(N[C@@H]2CCCC[C@H]2N)c(=O)c1=O. The average Bonchev–Trinajstić information content (AvgIpc) is 3.10. The molecular formula is C32H49N3O4. The van der Waals surface area contributed by atoms with Crippen LogP contribution >= 0.6 is 0 Å². The molecule has 5 aliphatic rings. The Balaban J connectivity index is 1.24. The molecule has 2 bridgehead atoms. The molecular weight excluding hydrogens is 490 g/mol. The van der Waals surface area contributed by atoms with E-state index in [9.17, 15) is 14.4 Å². The fourth-order valence-electron chi connectivity index (χ4n) is 10.9. The predicted octanol–water partition coefficient (Wildman–Crippen LogP) is 5.11. The molecule has 6 rings (SSSR count). The smallest absolute Gasteiger partial charge is 0.312 e. The molecule has 0 aliphatic heterocycles. The minimum absolute atomic E-state index is 0.00121. The summed E-state index contributed by atoms with van der Waals surface area (Å²) in [6.45, 7) is 9.40. The van der Waals surface area contributed by atoms with E-state index >= 15 is 0 Å². The van der Waals surface area contributed by atoms with E-state index in [-0.39, 0.29) is 45.8 Å². The number of carbonyl (C=O) groups excluding carboxylic acids is 1. The zero-order chi connectivity index (χ0) is 27.8. The number of hydrogen-bond acceptors (Lipinski definition) is 7. The Kier molecular flexibility index (Phi) is 6.52. The summed E-state index contributed by atoms with van der Waals surface area (Å²) < 4.78 is 5.63. The molecule has 39 heavy (non-hydrogen) atoms. The standard InChI is InChI=1S/C32H49N3O4/c1-5-39-28(38)31(4)14-8-13-30(3)21(31)12-16-32-17-23(29(2,18-32)15-11-22(30)32)35-25-24(26(36)27(25)37)34-20-10-7-6-9-19(20)33/h19-23,34-35H,5-18,33H2,1-4H3/t19-,20-,21?,22?,23-,29+,30-,31-,32+/m1/s1. The summed E-state index contributed by atoms with van der Waals surface area (Å²) in [5.74, 6) is 0.929. The molecule has 1 aromatic carbocycles. The number of esters is 1. The van der Waals surface area contributed by atoms with Crippen molar-refractivity contribution in [3.63, 3.8) is 0 Å². The van der Waals surface area contributed by atoms with Crippen LogP contribution in [0, 0.1) is 33.5 Å². The number of nitrogens with one attached hydrogen (secondary N) is 2. The molecule has 0 radical (unpaired) electrons. The molecule has 1 spiro atoms. The Morgan fingerprint density at radius 2 is 1.59 bits per heavy atom. The van der Waals surface area contributed by atoms with Crippen molar-refractivity contribution in [3.05, 3.63) is 20.4 Å². The van der Waals surface area contributed by atoms with E-state index in [1.807, 2.05) is 6.92 Å². The van der Waals surface area contributed by atoms with Gasteiger partial charge in [-0.25, -0.2) is 0 Å². The van der Waals surface area contributed by atoms with Crippen LogP contribution in [0.2, 0.25) is 0 Å². The maximum Gasteiger partial charge on any atom is 0.312 e. The van der Waals surface area contributed by atoms with Gasteiger partial charge in [-0.2, -0.15) is 0 Å². The second-order valence-electron chi connectivity index (χ2n) is 14.9. The molecule has 2 unspecified atom stereocenters. The largest absolute Gasteiger partial charge is 0.466 e. The van der Waals surface area contributed by atoms with Gasteiger partial charge in [0.15, 0.2) is 0 Å². The van der Waals surface area contributed by atoms with Crippen molar-refractivity contribution in [1.82, 2.24) is 0 Å². The molecule has 7 heteroatoms. The molecule has 4 N–H and O–H groups in total. The molecule has 216 valence electrons. The molecule has 0 aromatic heterocycles. The van der Waals surface area contributed by atoms with E-state index in [1.165, 1.54) is 12.8 Å². The lowest BCUT2D eigenvalue weighted by atomic mass is 9.40. The van der Waals surface area contributed by atoms with Crippen molar-refractivity contribution in [2.45, 2.75) is 129 Å². The first-order valence-electron chi connectivity index (χ1n) is 15.8. The zero-order valence-electron chi connectivity index (χ0n) is 24.5. The Bertz CT molecular complexity index is 1210. The van der Waals surface area contributed by atoms with E-state index in [0.717, 1.165) is 70.6 Å². The fraction of sp³-hybridized carbons (Fsp3) is 0.844. The third kappa shape index (κ3) is 3.95. The summed E-state index contributed by atoms with van der Waals surface area (Å²) in [6, 6.07) is 0.247. The number of fused-ring (bicyclic) bond motifs is 3. The van der Waals surface area contributed by atoms with Gasteiger partial charge in [-0.1, -0.05) is 33.1 Å². The first kappa shape index (κ1) is 27.3. The van der Waals surface area contributed by atoms with Crippen molar-refractivity contribution in [1.29, 1.82) is 0 Å². The molecule has 0 saturated heterocycles. The van der Waals surface area contributed by atoms with Crippen molar-refractivity contribution >= 4 is 17.3 Å². The number of ether oxygens (including phenoxy) is 1. The van der Waals surface area contributed by atoms with Gasteiger partial charge in [0.05, 0.1) is 12.0 Å². The third-order valence-corrected chi connectivity index (χ3v) is 12.8. The molecule has 1 aromatic rings. The highest BCUT2D eigenvalue weighted by Crippen LogP contribution is 2.74. The zero-order valence-corrected chi connectivity index (χ0v) is 24.5. The van der Waals surface area contributed by atoms with Gasteiger partial charge in [0.1, 0.15) is 11.4 Å². The average molecular weight is 540 g/mol. The third-order valence-electron chi connectivity index (χ3n) is 12.8. The van der Waals surface area contributed by atoms with Crippen LogP contribution in [0.1, 0.15) is 111 Å². The summed E-state index contributed by atoms with van der Waals surface area (Å²) in [5.41, 5.74) is 6.58. The summed E-state index contributed by atoms with van der Waals surface area (Å²) in [6.07, 6.45) is 14.0. The summed E-state index contributed by atoms with van der Waals surface area (Å²) >= 11 is 0. The maximum absolute atomic E-state index is 13.2. The fourth-order valence-corrected chi connectivity index (χ4v) is 10.9. The van der Waals surface area contributed by atoms with Gasteiger partial charge in [-0.3, -0.25) is 14.4 Å². The van der Waals surface area contributed by atoms with Gasteiger partial charge in [-0.15, -0.1) is 0 Å². The van der Waals surface area contributed by atoms with Gasteiger partial charge in [0.2, 0.25) is 0 Å². The van der Waals surface area contributed by atoms with Crippen LogP contribution in [0.4, 0.5) is 11.4 Å². The van der Waals surface area contributed by atoms with E-state index < -0.39 is 10.8 Å². The molecule has 5 saturated carbocycles. The number of hydrogen-bond donors (Lipinski definition) is 3. The highest BCUT2D eigenvalue weighted by molar-refractivity contribution is 5.77. The first-order valence-corrected chi connectivity index (χ1v) is 15.8. The monoisotopic (exact) mass is 539 g/mol. The lowest BCUT2D eigenvalue weighted by Gasteiger charge is -2.64. The number of carbonyl (C=O) groups is 1. The first-order chi connectivity index (χ1) is 18.5. The van der Waals surface area contributed by atoms with Gasteiger partial charge in [0.25, 0.3) is 10.9 Å². The van der Waals surface area contributed by atoms with Gasteiger partial charge < -0.3 is 21.1 Å². The van der Waals surface area contributed by atoms with Crippen molar-refractivity contribution in [2.24, 2.45) is 39.2 Å². The summed E-state index contributed by atoms with van der Waals surface area (Å²) in [4.78, 5) is 38.7. The number of anilines is 2. The van der Waals surface area contributed by atoms with Crippen LogP contribution < -0.4 is 27.2 Å². The molecule has 5 fully saturated rings. The highest BCUT2D eigenvalue weighted by atomic mass is 16.5. The van der Waals surface area contributed by atoms with E-state index in [2.05, 4.69) is 31.4 Å². The topological polar surface area (TPSA) is 111 Å². The summed E-state index contributed by atoms with van der Waals surface area (Å²) in [7, 11) is 0. The van der Waals surface area contributed by atoms with Crippen LogP contribution in [0.3, 0.4) is 0 Å². The Morgan fingerprint density at radius 1 is 0.897 bits per heavy atom. The Hall–Kier alpha value is -1.89. The van der Waals surface area contributed by atoms with Crippen molar-refractivity contribution < 1.29 is 9.53 Å². The van der Waals surface area contributed by atoms with Gasteiger partial charge in [0, 0.05) is 18.1 Å². The predicted molar refractivity (Wildman–Crippen MR) is 155 cm³/mol. The van der Waals surface area contributed by atoms with Crippen molar-refractivity contribution in [2.75, 3.05) is 17.2 Å². The van der Waals surface area contributed by atoms with E-state index in [0.29, 0.717) is 29.8 Å². The molecule has 7 nitrogen and oxygen atoms in total. The Morgan fingerprint density at radius 3 is 2.31 bits per heavy atom. The van der Waals surface area contributed by atoms with Crippen LogP contribution in [0.25, 0.3) is 0 Å². The number of rotatable bonds is 6. The van der Waals surface area contributed by atoms with Crippen LogP contribution in [-0.2, 0) is 9.53 Å². The lowest BCUT2D eigenvalue weighted by Crippen LogP contribution is -2.58. The highest BCUT2D eigenvalue weighted by Gasteiger charge is 2.68. The molecule has 9 atom stereocenters. The Labute approximate surface area is 233 Å². The van der Waals surface area contributed by atoms with Crippen LogP contribution in [0.15, 0.2) is 9.59 Å².